The standard InChI is InChI=1S/C15H19NO/c1-11(16)15(8-9-17)14-7-6-12-4-2-3-5-13(12)10-14/h2-7,10-11,15,17H,8-9,16H2,1H3. The molecule has 0 radical (unpaired) electrons. The molecule has 0 saturated heterocycles. The monoisotopic (exact) mass is 229 g/mol. The van der Waals surface area contributed by atoms with Crippen LogP contribution in [-0.2, 0) is 0 Å². The molecule has 2 aromatic rings. The van der Waals surface area contributed by atoms with Crippen LogP contribution in [0.3, 0.4) is 0 Å². The molecule has 0 aliphatic carbocycles. The molecule has 0 saturated carbocycles. The summed E-state index contributed by atoms with van der Waals surface area (Å²) in [6, 6.07) is 14.8. The van der Waals surface area contributed by atoms with Crippen LogP contribution >= 0.6 is 0 Å². The maximum absolute atomic E-state index is 9.10. The Morgan fingerprint density at radius 2 is 1.82 bits per heavy atom. The summed E-state index contributed by atoms with van der Waals surface area (Å²) >= 11 is 0. The molecule has 2 nitrogen and oxygen atoms in total. The van der Waals surface area contributed by atoms with Gasteiger partial charge in [-0.25, -0.2) is 0 Å². The lowest BCUT2D eigenvalue weighted by molar-refractivity contribution is 0.269. The normalized spacial score (nSPS) is 14.8. The van der Waals surface area contributed by atoms with E-state index in [1.807, 2.05) is 19.1 Å². The molecule has 0 aliphatic rings. The molecule has 0 heterocycles. The van der Waals surface area contributed by atoms with E-state index in [0.29, 0.717) is 0 Å². The van der Waals surface area contributed by atoms with Crippen LogP contribution in [-0.4, -0.2) is 17.8 Å². The Hall–Kier alpha value is -1.38. The SMILES string of the molecule is CC(N)C(CCO)c1ccc2ccccc2c1. The molecule has 90 valence electrons. The van der Waals surface area contributed by atoms with Gasteiger partial charge in [0.15, 0.2) is 0 Å². The number of nitrogens with two attached hydrogens (primary N) is 1. The Kier molecular flexibility index (Phi) is 3.77. The lowest BCUT2D eigenvalue weighted by Gasteiger charge is -2.20. The van der Waals surface area contributed by atoms with Crippen LogP contribution in [0.25, 0.3) is 10.8 Å². The molecule has 2 unspecified atom stereocenters. The van der Waals surface area contributed by atoms with Crippen LogP contribution in [0.2, 0.25) is 0 Å². The van der Waals surface area contributed by atoms with Crippen molar-refractivity contribution >= 4 is 10.8 Å². The third-order valence-electron chi connectivity index (χ3n) is 3.28. The minimum atomic E-state index is 0.0586. The molecular weight excluding hydrogens is 210 g/mol. The van der Waals surface area contributed by atoms with Crippen LogP contribution in [0.5, 0.6) is 0 Å². The van der Waals surface area contributed by atoms with Crippen LogP contribution < -0.4 is 5.73 Å². The second kappa shape index (κ2) is 5.30. The molecule has 2 heteroatoms. The van der Waals surface area contributed by atoms with Crippen molar-refractivity contribution in [2.45, 2.75) is 25.3 Å². The Bertz CT molecular complexity index is 493. The highest BCUT2D eigenvalue weighted by atomic mass is 16.3. The second-order valence-corrected chi connectivity index (χ2v) is 4.58. The molecule has 3 N–H and O–H groups in total. The van der Waals surface area contributed by atoms with Crippen molar-refractivity contribution in [3.8, 4) is 0 Å². The number of fused-ring (bicyclic) bond motifs is 1. The third-order valence-corrected chi connectivity index (χ3v) is 3.28. The first-order valence-electron chi connectivity index (χ1n) is 6.07. The van der Waals surface area contributed by atoms with Crippen molar-refractivity contribution in [1.82, 2.24) is 0 Å². The van der Waals surface area contributed by atoms with Gasteiger partial charge in [-0.3, -0.25) is 0 Å². The fraction of sp³-hybridized carbons (Fsp3) is 0.333. The summed E-state index contributed by atoms with van der Waals surface area (Å²) in [5.74, 6) is 0.226. The van der Waals surface area contributed by atoms with Crippen LogP contribution in [0.15, 0.2) is 42.5 Å². The van der Waals surface area contributed by atoms with Gasteiger partial charge in [0.1, 0.15) is 0 Å². The molecule has 2 aromatic carbocycles. The number of benzene rings is 2. The van der Waals surface area contributed by atoms with Gasteiger partial charge in [-0.1, -0.05) is 42.5 Å². The van der Waals surface area contributed by atoms with E-state index in [1.54, 1.807) is 0 Å². The highest BCUT2D eigenvalue weighted by Crippen LogP contribution is 2.25. The first-order chi connectivity index (χ1) is 8.22. The van der Waals surface area contributed by atoms with Gasteiger partial charge in [0.2, 0.25) is 0 Å². The molecule has 2 rings (SSSR count). The van der Waals surface area contributed by atoms with E-state index >= 15 is 0 Å². The Labute approximate surface area is 102 Å². The van der Waals surface area contributed by atoms with Crippen molar-refractivity contribution in [2.75, 3.05) is 6.61 Å². The van der Waals surface area contributed by atoms with E-state index < -0.39 is 0 Å². The Morgan fingerprint density at radius 3 is 2.47 bits per heavy atom. The fourth-order valence-corrected chi connectivity index (χ4v) is 2.31. The molecule has 17 heavy (non-hydrogen) atoms. The zero-order chi connectivity index (χ0) is 12.3. The molecule has 2 atom stereocenters. The second-order valence-electron chi connectivity index (χ2n) is 4.58. The summed E-state index contributed by atoms with van der Waals surface area (Å²) in [6.07, 6.45) is 0.718. The zero-order valence-corrected chi connectivity index (χ0v) is 10.1. The fourth-order valence-electron chi connectivity index (χ4n) is 2.31. The van der Waals surface area contributed by atoms with E-state index in [4.69, 9.17) is 10.8 Å². The minimum Gasteiger partial charge on any atom is -0.396 e. The summed E-state index contributed by atoms with van der Waals surface area (Å²) in [6.45, 7) is 2.18. The molecule has 0 fully saturated rings. The van der Waals surface area contributed by atoms with Gasteiger partial charge in [-0.05, 0) is 29.7 Å². The van der Waals surface area contributed by atoms with E-state index in [2.05, 4.69) is 30.3 Å². The highest BCUT2D eigenvalue weighted by Gasteiger charge is 2.15. The van der Waals surface area contributed by atoms with Crippen molar-refractivity contribution < 1.29 is 5.11 Å². The van der Waals surface area contributed by atoms with E-state index in [9.17, 15) is 0 Å². The van der Waals surface area contributed by atoms with Crippen molar-refractivity contribution in [2.24, 2.45) is 5.73 Å². The maximum atomic E-state index is 9.10. The zero-order valence-electron chi connectivity index (χ0n) is 10.1. The van der Waals surface area contributed by atoms with Gasteiger partial charge >= 0.3 is 0 Å². The van der Waals surface area contributed by atoms with E-state index in [-0.39, 0.29) is 18.6 Å². The largest absolute Gasteiger partial charge is 0.396 e. The Morgan fingerprint density at radius 1 is 1.12 bits per heavy atom. The predicted molar refractivity (Wildman–Crippen MR) is 72.0 cm³/mol. The van der Waals surface area contributed by atoms with Crippen molar-refractivity contribution in [1.29, 1.82) is 0 Å². The number of aliphatic hydroxyl groups is 1. The first kappa shape index (κ1) is 12.1. The van der Waals surface area contributed by atoms with Gasteiger partial charge in [-0.2, -0.15) is 0 Å². The van der Waals surface area contributed by atoms with Crippen molar-refractivity contribution in [3.63, 3.8) is 0 Å². The smallest absolute Gasteiger partial charge is 0.0437 e. The molecule has 0 aliphatic heterocycles. The van der Waals surface area contributed by atoms with Crippen LogP contribution in [0.1, 0.15) is 24.8 Å². The number of aliphatic hydroxyl groups excluding tert-OH is 1. The molecule has 0 amide bonds. The average molecular weight is 229 g/mol. The predicted octanol–water partition coefficient (Wildman–Crippen LogP) is 2.65. The van der Waals surface area contributed by atoms with E-state index in [1.165, 1.54) is 16.3 Å². The Balaban J connectivity index is 2.40. The van der Waals surface area contributed by atoms with Crippen LogP contribution in [0.4, 0.5) is 0 Å². The summed E-state index contributed by atoms with van der Waals surface area (Å²) in [7, 11) is 0. The summed E-state index contributed by atoms with van der Waals surface area (Å²) < 4.78 is 0. The summed E-state index contributed by atoms with van der Waals surface area (Å²) in [5.41, 5.74) is 7.20. The van der Waals surface area contributed by atoms with Gasteiger partial charge in [-0.15, -0.1) is 0 Å². The van der Waals surface area contributed by atoms with Crippen molar-refractivity contribution in [3.05, 3.63) is 48.0 Å². The molecule has 0 aromatic heterocycles. The molecule has 0 spiro atoms. The third kappa shape index (κ3) is 2.65. The van der Waals surface area contributed by atoms with Gasteiger partial charge < -0.3 is 10.8 Å². The van der Waals surface area contributed by atoms with Crippen LogP contribution in [0, 0.1) is 0 Å². The highest BCUT2D eigenvalue weighted by molar-refractivity contribution is 5.83. The number of hydrogen-bond acceptors (Lipinski definition) is 2. The van der Waals surface area contributed by atoms with E-state index in [0.717, 1.165) is 6.42 Å². The lowest BCUT2D eigenvalue weighted by Crippen LogP contribution is -2.25. The molecular formula is C15H19NO. The van der Waals surface area contributed by atoms with Gasteiger partial charge in [0.05, 0.1) is 0 Å². The topological polar surface area (TPSA) is 46.2 Å². The first-order valence-corrected chi connectivity index (χ1v) is 6.07. The van der Waals surface area contributed by atoms with Gasteiger partial charge in [0, 0.05) is 18.6 Å². The number of rotatable bonds is 4. The van der Waals surface area contributed by atoms with Gasteiger partial charge in [0.25, 0.3) is 0 Å². The average Bonchev–Trinajstić information content (AvgIpc) is 2.35. The summed E-state index contributed by atoms with van der Waals surface area (Å²) in [4.78, 5) is 0. The quantitative estimate of drug-likeness (QED) is 0.846. The molecule has 0 bridgehead atoms. The minimum absolute atomic E-state index is 0.0586. The number of hydrogen-bond donors (Lipinski definition) is 2. The maximum Gasteiger partial charge on any atom is 0.0437 e. The lowest BCUT2D eigenvalue weighted by atomic mass is 9.89. The summed E-state index contributed by atoms with van der Waals surface area (Å²) in [5, 5.41) is 11.6.